The normalized spacial score (nSPS) is 13.4. The van der Waals surface area contributed by atoms with Gasteiger partial charge in [-0.05, 0) is 40.4 Å². The second-order valence-electron chi connectivity index (χ2n) is 9.95. The van der Waals surface area contributed by atoms with Gasteiger partial charge in [0.2, 0.25) is 0 Å². The molecule has 0 saturated carbocycles. The maximum Gasteiger partial charge on any atom is 0.173 e. The van der Waals surface area contributed by atoms with E-state index in [4.69, 9.17) is 4.98 Å². The van der Waals surface area contributed by atoms with E-state index in [1.807, 2.05) is 66.7 Å². The first-order valence-electron chi connectivity index (χ1n) is 13.1. The molecule has 0 fully saturated rings. The second kappa shape index (κ2) is 8.39. The Hall–Kier alpha value is -4.72. The van der Waals surface area contributed by atoms with E-state index in [0.717, 1.165) is 59.7 Å². The van der Waals surface area contributed by atoms with Crippen molar-refractivity contribution in [2.45, 2.75) is 0 Å². The number of pyridine rings is 1. The molecule has 0 N–H and O–H groups in total. The third kappa shape index (κ3) is 3.17. The van der Waals surface area contributed by atoms with E-state index in [1.54, 1.807) is 0 Å². The average Bonchev–Trinajstić information content (AvgIpc) is 3.41. The number of nitrogens with zero attached hydrogens (tertiary/aromatic N) is 2. The molecule has 184 valence electrons. The summed E-state index contributed by atoms with van der Waals surface area (Å²) in [6, 6.07) is 47.3. The number of rotatable bonds is 3. The maximum absolute atomic E-state index is 15.8. The minimum atomic E-state index is -3.30. The van der Waals surface area contributed by atoms with Crippen LogP contribution in [0.5, 0.6) is 0 Å². The molecular formula is C35H23N2OP. The molecule has 1 atom stereocenters. The van der Waals surface area contributed by atoms with E-state index in [-0.39, 0.29) is 0 Å². The summed E-state index contributed by atoms with van der Waals surface area (Å²) in [6.45, 7) is 0. The number of benzene rings is 6. The SMILES string of the molecule is O=P(c1ccccc1)(c1ccc2ccccc2c1)c1cccc2nc3c4ccccc4c4ccccc4n3c12. The van der Waals surface area contributed by atoms with Crippen LogP contribution in [0.4, 0.5) is 0 Å². The van der Waals surface area contributed by atoms with Crippen molar-refractivity contribution in [1.29, 1.82) is 0 Å². The van der Waals surface area contributed by atoms with Gasteiger partial charge in [0.15, 0.2) is 7.14 Å². The zero-order valence-electron chi connectivity index (χ0n) is 21.0. The molecule has 4 heteroatoms. The molecule has 1 unspecified atom stereocenters. The molecule has 8 rings (SSSR count). The van der Waals surface area contributed by atoms with Crippen LogP contribution in [0.25, 0.3) is 49.1 Å². The molecule has 6 aromatic carbocycles. The van der Waals surface area contributed by atoms with Crippen molar-refractivity contribution in [3.8, 4) is 0 Å². The Kier molecular flexibility index (Phi) is 4.79. The van der Waals surface area contributed by atoms with E-state index < -0.39 is 7.14 Å². The van der Waals surface area contributed by atoms with Crippen LogP contribution in [0, 0.1) is 0 Å². The van der Waals surface area contributed by atoms with Crippen LogP contribution in [-0.2, 0) is 4.57 Å². The van der Waals surface area contributed by atoms with Gasteiger partial charge < -0.3 is 4.57 Å². The van der Waals surface area contributed by atoms with Crippen LogP contribution in [0.2, 0.25) is 0 Å². The molecule has 0 aliphatic carbocycles. The van der Waals surface area contributed by atoms with Crippen LogP contribution < -0.4 is 15.9 Å². The summed E-state index contributed by atoms with van der Waals surface area (Å²) in [6.07, 6.45) is 0. The van der Waals surface area contributed by atoms with E-state index in [1.165, 1.54) is 5.39 Å². The quantitative estimate of drug-likeness (QED) is 0.178. The van der Waals surface area contributed by atoms with E-state index in [9.17, 15) is 0 Å². The van der Waals surface area contributed by atoms with Gasteiger partial charge in [-0.3, -0.25) is 4.40 Å². The standard InChI is InChI=1S/C35H23N2OP/c38-39(26-13-2-1-3-14-26,27-22-21-24-11-4-5-12-25(24)23-27)33-20-10-18-31-34(33)37-32-19-9-8-16-29(32)28-15-6-7-17-30(28)35(37)36-31/h1-23H. The molecule has 0 aliphatic heterocycles. The summed E-state index contributed by atoms with van der Waals surface area (Å²) in [7, 11) is -3.30. The maximum atomic E-state index is 15.8. The molecule has 2 aromatic heterocycles. The lowest BCUT2D eigenvalue weighted by Gasteiger charge is -2.22. The number of hydrogen-bond acceptors (Lipinski definition) is 2. The largest absolute Gasteiger partial charge is 0.309 e. The third-order valence-electron chi connectivity index (χ3n) is 7.81. The van der Waals surface area contributed by atoms with Gasteiger partial charge in [0.25, 0.3) is 0 Å². The zero-order valence-corrected chi connectivity index (χ0v) is 21.9. The van der Waals surface area contributed by atoms with Gasteiger partial charge in [-0.25, -0.2) is 4.98 Å². The summed E-state index contributed by atoms with van der Waals surface area (Å²) < 4.78 is 18.0. The fourth-order valence-electron chi connectivity index (χ4n) is 6.03. The van der Waals surface area contributed by atoms with Gasteiger partial charge in [0.1, 0.15) is 5.65 Å². The van der Waals surface area contributed by atoms with Crippen molar-refractivity contribution in [3.63, 3.8) is 0 Å². The molecule has 0 radical (unpaired) electrons. The molecule has 0 amide bonds. The topological polar surface area (TPSA) is 34.4 Å². The Bertz CT molecular complexity index is 2270. The summed E-state index contributed by atoms with van der Waals surface area (Å²) in [5, 5.41) is 8.04. The summed E-state index contributed by atoms with van der Waals surface area (Å²) >= 11 is 0. The van der Waals surface area contributed by atoms with E-state index in [0.29, 0.717) is 0 Å². The van der Waals surface area contributed by atoms with Crippen molar-refractivity contribution < 1.29 is 4.57 Å². The summed E-state index contributed by atoms with van der Waals surface area (Å²) in [5.74, 6) is 0. The average molecular weight is 519 g/mol. The van der Waals surface area contributed by atoms with Crippen LogP contribution in [0.3, 0.4) is 0 Å². The highest BCUT2D eigenvalue weighted by molar-refractivity contribution is 7.85. The van der Waals surface area contributed by atoms with Gasteiger partial charge >= 0.3 is 0 Å². The number of aromatic nitrogens is 2. The molecule has 8 aromatic rings. The van der Waals surface area contributed by atoms with Crippen molar-refractivity contribution >= 4 is 72.2 Å². The van der Waals surface area contributed by atoms with Crippen molar-refractivity contribution in [2.75, 3.05) is 0 Å². The lowest BCUT2D eigenvalue weighted by Crippen LogP contribution is -2.26. The van der Waals surface area contributed by atoms with Crippen LogP contribution in [0.1, 0.15) is 0 Å². The third-order valence-corrected chi connectivity index (χ3v) is 10.9. The van der Waals surface area contributed by atoms with Gasteiger partial charge in [-0.1, -0.05) is 115 Å². The summed E-state index contributed by atoms with van der Waals surface area (Å²) in [5.41, 5.74) is 3.67. The van der Waals surface area contributed by atoms with Crippen molar-refractivity contribution in [2.24, 2.45) is 0 Å². The lowest BCUT2D eigenvalue weighted by atomic mass is 10.1. The van der Waals surface area contributed by atoms with Crippen LogP contribution in [0.15, 0.2) is 140 Å². The van der Waals surface area contributed by atoms with Crippen LogP contribution in [-0.4, -0.2) is 9.38 Å². The second-order valence-corrected chi connectivity index (χ2v) is 12.7. The zero-order chi connectivity index (χ0) is 26.0. The van der Waals surface area contributed by atoms with Gasteiger partial charge in [-0.2, -0.15) is 0 Å². The fourth-order valence-corrected chi connectivity index (χ4v) is 8.89. The van der Waals surface area contributed by atoms with Crippen molar-refractivity contribution in [3.05, 3.63) is 140 Å². The molecular weight excluding hydrogens is 495 g/mol. The lowest BCUT2D eigenvalue weighted by molar-refractivity contribution is 0.592. The van der Waals surface area contributed by atoms with Gasteiger partial charge in [-0.15, -0.1) is 0 Å². The molecule has 0 spiro atoms. The molecule has 2 heterocycles. The molecule has 3 nitrogen and oxygen atoms in total. The Balaban J connectivity index is 1.57. The van der Waals surface area contributed by atoms with Gasteiger partial charge in [0, 0.05) is 26.7 Å². The first kappa shape index (κ1) is 22.3. The highest BCUT2D eigenvalue weighted by atomic mass is 31.2. The smallest absolute Gasteiger partial charge is 0.173 e. The van der Waals surface area contributed by atoms with Crippen molar-refractivity contribution in [1.82, 2.24) is 9.38 Å². The van der Waals surface area contributed by atoms with Gasteiger partial charge in [0.05, 0.1) is 16.6 Å². The first-order valence-corrected chi connectivity index (χ1v) is 14.8. The number of hydrogen-bond donors (Lipinski definition) is 0. The fraction of sp³-hybridized carbons (Fsp3) is 0. The number of fused-ring (bicyclic) bond motifs is 9. The molecule has 0 saturated heterocycles. The van der Waals surface area contributed by atoms with Crippen LogP contribution >= 0.6 is 7.14 Å². The van der Waals surface area contributed by atoms with E-state index in [2.05, 4.69) is 77.2 Å². The Morgan fingerprint density at radius 3 is 2.08 bits per heavy atom. The predicted molar refractivity (Wildman–Crippen MR) is 165 cm³/mol. The monoisotopic (exact) mass is 518 g/mol. The first-order chi connectivity index (χ1) is 19.2. The molecule has 39 heavy (non-hydrogen) atoms. The molecule has 0 bridgehead atoms. The predicted octanol–water partition coefficient (Wildman–Crippen LogP) is 7.59. The highest BCUT2D eigenvalue weighted by Crippen LogP contribution is 2.45. The molecule has 0 aliphatic rings. The Morgan fingerprint density at radius 1 is 0.538 bits per heavy atom. The van der Waals surface area contributed by atoms with E-state index >= 15 is 4.57 Å². The summed E-state index contributed by atoms with van der Waals surface area (Å²) in [4.78, 5) is 5.15. The Labute approximate surface area is 225 Å². The minimum absolute atomic E-state index is 0.800. The minimum Gasteiger partial charge on any atom is -0.309 e. The number of para-hydroxylation sites is 2. The highest BCUT2D eigenvalue weighted by Gasteiger charge is 2.33. The number of imidazole rings is 1. The Morgan fingerprint density at radius 2 is 1.23 bits per heavy atom.